The predicted octanol–water partition coefficient (Wildman–Crippen LogP) is 4.56. The Bertz CT molecular complexity index is 691. The first-order valence-electron chi connectivity index (χ1n) is 8.23. The molecule has 0 saturated heterocycles. The molecule has 0 aliphatic carbocycles. The lowest BCUT2D eigenvalue weighted by Crippen LogP contribution is -2.57. The summed E-state index contributed by atoms with van der Waals surface area (Å²) in [4.78, 5) is 5.12. The molecule has 1 heterocycles. The summed E-state index contributed by atoms with van der Waals surface area (Å²) >= 11 is 3.62. The molecule has 6 heteroatoms. The molecule has 0 N–H and O–H groups in total. The van der Waals surface area contributed by atoms with E-state index < -0.39 is 8.80 Å². The first-order chi connectivity index (χ1) is 11.7. The van der Waals surface area contributed by atoms with Crippen molar-refractivity contribution in [3.63, 3.8) is 0 Å². The standard InChI is InChI=1S/C18H22O3S2Si/c1-4-19-24(20-5-2,21-6-3)14-11-12-17-18(13-14)23-16-10-8-7-9-15(16)22-17/h7-13H,4-6H2,1-3H3. The lowest BCUT2D eigenvalue weighted by molar-refractivity contribution is 0.0858. The summed E-state index contributed by atoms with van der Waals surface area (Å²) in [5.74, 6) is 0. The fraction of sp³-hybridized carbons (Fsp3) is 0.333. The van der Waals surface area contributed by atoms with Gasteiger partial charge >= 0.3 is 8.80 Å². The first kappa shape index (κ1) is 18.0. The average molecular weight is 379 g/mol. The number of rotatable bonds is 7. The van der Waals surface area contributed by atoms with E-state index in [1.807, 2.05) is 32.5 Å². The van der Waals surface area contributed by atoms with Crippen LogP contribution in [0.3, 0.4) is 0 Å². The Morgan fingerprint density at radius 2 is 1.21 bits per heavy atom. The third kappa shape index (κ3) is 3.59. The third-order valence-electron chi connectivity index (χ3n) is 3.59. The number of fused-ring (bicyclic) bond motifs is 2. The van der Waals surface area contributed by atoms with Crippen LogP contribution in [0.25, 0.3) is 0 Å². The van der Waals surface area contributed by atoms with Crippen LogP contribution in [-0.4, -0.2) is 28.6 Å². The first-order valence-corrected chi connectivity index (χ1v) is 11.6. The second-order valence-corrected chi connectivity index (χ2v) is 9.89. The van der Waals surface area contributed by atoms with Crippen LogP contribution in [0.1, 0.15) is 20.8 Å². The van der Waals surface area contributed by atoms with Gasteiger partial charge in [0.05, 0.1) is 0 Å². The van der Waals surface area contributed by atoms with E-state index in [1.165, 1.54) is 19.6 Å². The summed E-state index contributed by atoms with van der Waals surface area (Å²) in [6.45, 7) is 7.69. The lowest BCUT2D eigenvalue weighted by Gasteiger charge is -2.29. The fourth-order valence-electron chi connectivity index (χ4n) is 2.66. The Kier molecular flexibility index (Phi) is 6.07. The Hall–Kier alpha value is -0.763. The van der Waals surface area contributed by atoms with Crippen LogP contribution in [0, 0.1) is 0 Å². The van der Waals surface area contributed by atoms with Crippen molar-refractivity contribution in [2.75, 3.05) is 19.8 Å². The highest BCUT2D eigenvalue weighted by atomic mass is 32.2. The minimum Gasteiger partial charge on any atom is -0.370 e. The Balaban J connectivity index is 1.98. The molecule has 0 bridgehead atoms. The summed E-state index contributed by atoms with van der Waals surface area (Å²) in [7, 11) is -2.85. The highest BCUT2D eigenvalue weighted by Crippen LogP contribution is 2.47. The molecule has 24 heavy (non-hydrogen) atoms. The molecule has 3 rings (SSSR count). The number of hydrogen-bond donors (Lipinski definition) is 0. The van der Waals surface area contributed by atoms with Crippen LogP contribution in [-0.2, 0) is 13.3 Å². The van der Waals surface area contributed by atoms with E-state index in [-0.39, 0.29) is 0 Å². The molecule has 1 aliphatic heterocycles. The lowest BCUT2D eigenvalue weighted by atomic mass is 10.3. The van der Waals surface area contributed by atoms with Crippen molar-refractivity contribution in [2.24, 2.45) is 0 Å². The van der Waals surface area contributed by atoms with E-state index in [4.69, 9.17) is 13.3 Å². The second kappa shape index (κ2) is 8.08. The van der Waals surface area contributed by atoms with Gasteiger partial charge in [0.1, 0.15) is 0 Å². The van der Waals surface area contributed by atoms with Crippen LogP contribution in [0.15, 0.2) is 62.0 Å². The van der Waals surface area contributed by atoms with Crippen molar-refractivity contribution >= 4 is 37.5 Å². The zero-order valence-corrected chi connectivity index (χ0v) is 16.8. The van der Waals surface area contributed by atoms with E-state index in [0.29, 0.717) is 19.8 Å². The molecule has 0 radical (unpaired) electrons. The molecule has 3 nitrogen and oxygen atoms in total. The third-order valence-corrected chi connectivity index (χ3v) is 9.16. The Labute approximate surface area is 153 Å². The monoisotopic (exact) mass is 378 g/mol. The Morgan fingerprint density at radius 1 is 0.708 bits per heavy atom. The van der Waals surface area contributed by atoms with Crippen LogP contribution in [0.5, 0.6) is 0 Å². The van der Waals surface area contributed by atoms with Crippen molar-refractivity contribution in [1.82, 2.24) is 0 Å². The highest BCUT2D eigenvalue weighted by molar-refractivity contribution is 8.05. The molecular formula is C18H22O3S2Si. The molecule has 0 fully saturated rings. The van der Waals surface area contributed by atoms with Gasteiger partial charge in [0.25, 0.3) is 0 Å². The van der Waals surface area contributed by atoms with Gasteiger partial charge < -0.3 is 13.3 Å². The predicted molar refractivity (Wildman–Crippen MR) is 101 cm³/mol. The van der Waals surface area contributed by atoms with Gasteiger partial charge in [-0.2, -0.15) is 0 Å². The molecule has 128 valence electrons. The summed E-state index contributed by atoms with van der Waals surface area (Å²) in [5.41, 5.74) is 0. The van der Waals surface area contributed by atoms with Crippen LogP contribution in [0.2, 0.25) is 0 Å². The highest BCUT2D eigenvalue weighted by Gasteiger charge is 2.43. The Morgan fingerprint density at radius 3 is 1.75 bits per heavy atom. The van der Waals surface area contributed by atoms with Gasteiger partial charge in [0.15, 0.2) is 0 Å². The molecular weight excluding hydrogens is 356 g/mol. The molecule has 2 aromatic rings. The van der Waals surface area contributed by atoms with Crippen molar-refractivity contribution in [2.45, 2.75) is 40.4 Å². The van der Waals surface area contributed by atoms with Gasteiger partial charge in [-0.1, -0.05) is 41.7 Å². The quantitative estimate of drug-likeness (QED) is 0.562. The summed E-state index contributed by atoms with van der Waals surface area (Å²) in [6.07, 6.45) is 0. The summed E-state index contributed by atoms with van der Waals surface area (Å²) in [6, 6.07) is 15.0. The van der Waals surface area contributed by atoms with Crippen molar-refractivity contribution in [3.05, 3.63) is 42.5 Å². The molecule has 0 unspecified atom stereocenters. The fourth-order valence-corrected chi connectivity index (χ4v) is 7.52. The van der Waals surface area contributed by atoms with Gasteiger partial charge in [-0.25, -0.2) is 0 Å². The number of hydrogen-bond acceptors (Lipinski definition) is 5. The van der Waals surface area contributed by atoms with E-state index >= 15 is 0 Å². The maximum Gasteiger partial charge on any atom is 0.537 e. The van der Waals surface area contributed by atoms with E-state index in [2.05, 4.69) is 42.5 Å². The maximum absolute atomic E-state index is 6.04. The summed E-state index contributed by atoms with van der Waals surface area (Å²) < 4.78 is 18.1. The summed E-state index contributed by atoms with van der Waals surface area (Å²) in [5, 5.41) is 1.04. The van der Waals surface area contributed by atoms with E-state index in [1.54, 1.807) is 11.8 Å². The van der Waals surface area contributed by atoms with Gasteiger partial charge in [-0.15, -0.1) is 0 Å². The largest absolute Gasteiger partial charge is 0.537 e. The topological polar surface area (TPSA) is 27.7 Å². The van der Waals surface area contributed by atoms with Gasteiger partial charge in [0, 0.05) is 44.6 Å². The van der Waals surface area contributed by atoms with Crippen molar-refractivity contribution in [1.29, 1.82) is 0 Å². The molecule has 0 atom stereocenters. The normalized spacial score (nSPS) is 13.5. The van der Waals surface area contributed by atoms with Crippen molar-refractivity contribution in [3.8, 4) is 0 Å². The molecule has 2 aromatic carbocycles. The van der Waals surface area contributed by atoms with Crippen molar-refractivity contribution < 1.29 is 13.3 Å². The van der Waals surface area contributed by atoms with Crippen LogP contribution < -0.4 is 5.19 Å². The van der Waals surface area contributed by atoms with Gasteiger partial charge in [-0.3, -0.25) is 0 Å². The van der Waals surface area contributed by atoms with Gasteiger partial charge in [0.2, 0.25) is 0 Å². The maximum atomic E-state index is 6.04. The van der Waals surface area contributed by atoms with E-state index in [0.717, 1.165) is 5.19 Å². The zero-order chi connectivity index (χ0) is 17.0. The minimum absolute atomic E-state index is 0.577. The molecule has 0 aromatic heterocycles. The molecule has 1 aliphatic rings. The van der Waals surface area contributed by atoms with Crippen LogP contribution in [0.4, 0.5) is 0 Å². The molecule has 0 saturated carbocycles. The minimum atomic E-state index is -2.85. The molecule has 0 spiro atoms. The SMILES string of the molecule is CCO[Si](OCC)(OCC)c1ccc2c(c1)Sc1ccccc1S2. The zero-order valence-electron chi connectivity index (χ0n) is 14.2. The number of benzene rings is 2. The molecule has 0 amide bonds. The smallest absolute Gasteiger partial charge is 0.370 e. The average Bonchev–Trinajstić information content (AvgIpc) is 2.60. The second-order valence-electron chi connectivity index (χ2n) is 5.17. The van der Waals surface area contributed by atoms with Gasteiger partial charge in [-0.05, 0) is 45.0 Å². The van der Waals surface area contributed by atoms with E-state index in [9.17, 15) is 0 Å². The van der Waals surface area contributed by atoms with Crippen LogP contribution >= 0.6 is 23.5 Å².